The number of likely N-dealkylation sites (tertiary alicyclic amines) is 1. The van der Waals surface area contributed by atoms with Gasteiger partial charge in [0.2, 0.25) is 0 Å². The van der Waals surface area contributed by atoms with Crippen LogP contribution < -0.4 is 15.8 Å². The van der Waals surface area contributed by atoms with E-state index in [1.165, 1.54) is 6.20 Å². The van der Waals surface area contributed by atoms with Gasteiger partial charge in [-0.3, -0.25) is 4.79 Å². The number of urea groups is 1. The van der Waals surface area contributed by atoms with Crippen LogP contribution in [0.2, 0.25) is 0 Å². The van der Waals surface area contributed by atoms with E-state index in [2.05, 4.69) is 20.4 Å². The number of anilines is 2. The fourth-order valence-corrected chi connectivity index (χ4v) is 3.75. The molecular formula is C23H23N7O2. The number of H-pyrrole nitrogens is 1. The summed E-state index contributed by atoms with van der Waals surface area (Å²) >= 11 is 0. The number of fused-ring (bicyclic) bond motifs is 1. The Morgan fingerprint density at radius 3 is 2.50 bits per heavy atom. The molecular weight excluding hydrogens is 406 g/mol. The summed E-state index contributed by atoms with van der Waals surface area (Å²) in [5, 5.41) is 7.68. The van der Waals surface area contributed by atoms with Gasteiger partial charge in [-0.05, 0) is 36.4 Å². The van der Waals surface area contributed by atoms with E-state index in [-0.39, 0.29) is 17.5 Å². The molecule has 0 spiro atoms. The molecule has 9 nitrogen and oxygen atoms in total. The molecule has 5 rings (SSSR count). The standard InChI is InChI=1S/C23H23N7O2/c1-28(2)17-10-8-16(9-11-17)25-23(32)29-13-15(14-29)20-26-21-19(22(31)27-20)12-24-30(21)18-6-4-3-5-7-18/h3-12,15H,13-14H2,1-2H3,(H,25,32)(H,26,27,31). The summed E-state index contributed by atoms with van der Waals surface area (Å²) in [7, 11) is 3.94. The van der Waals surface area contributed by atoms with Gasteiger partial charge in [0.15, 0.2) is 5.65 Å². The van der Waals surface area contributed by atoms with Crippen LogP contribution in [-0.4, -0.2) is 57.9 Å². The average molecular weight is 429 g/mol. The maximum Gasteiger partial charge on any atom is 0.321 e. The number of hydrogen-bond acceptors (Lipinski definition) is 5. The number of nitrogens with one attached hydrogen (secondary N) is 2. The Bertz CT molecular complexity index is 1320. The number of carbonyl (C=O) groups excluding carboxylic acids is 1. The van der Waals surface area contributed by atoms with Gasteiger partial charge in [-0.1, -0.05) is 18.2 Å². The van der Waals surface area contributed by atoms with E-state index in [1.807, 2.05) is 73.6 Å². The summed E-state index contributed by atoms with van der Waals surface area (Å²) in [6.45, 7) is 0.963. The van der Waals surface area contributed by atoms with E-state index < -0.39 is 0 Å². The lowest BCUT2D eigenvalue weighted by atomic mass is 10.00. The number of aromatic nitrogens is 4. The summed E-state index contributed by atoms with van der Waals surface area (Å²) in [6.07, 6.45) is 1.53. The highest BCUT2D eigenvalue weighted by Crippen LogP contribution is 2.26. The van der Waals surface area contributed by atoms with Gasteiger partial charge in [-0.25, -0.2) is 14.5 Å². The molecule has 9 heteroatoms. The fourth-order valence-electron chi connectivity index (χ4n) is 3.75. The van der Waals surface area contributed by atoms with Crippen molar-refractivity contribution in [2.75, 3.05) is 37.4 Å². The van der Waals surface area contributed by atoms with Crippen LogP contribution in [0.4, 0.5) is 16.2 Å². The second-order valence-electron chi connectivity index (χ2n) is 8.05. The number of para-hydroxylation sites is 1. The molecule has 0 aliphatic carbocycles. The summed E-state index contributed by atoms with van der Waals surface area (Å²) < 4.78 is 1.66. The second-order valence-corrected chi connectivity index (χ2v) is 8.05. The number of amides is 2. The monoisotopic (exact) mass is 429 g/mol. The molecule has 3 heterocycles. The lowest BCUT2D eigenvalue weighted by Crippen LogP contribution is -2.51. The largest absolute Gasteiger partial charge is 0.378 e. The quantitative estimate of drug-likeness (QED) is 0.520. The molecule has 1 aliphatic heterocycles. The van der Waals surface area contributed by atoms with E-state index in [1.54, 1.807) is 9.58 Å². The predicted molar refractivity (Wildman–Crippen MR) is 124 cm³/mol. The zero-order chi connectivity index (χ0) is 22.2. The van der Waals surface area contributed by atoms with Crippen LogP contribution in [0.25, 0.3) is 16.7 Å². The first-order valence-corrected chi connectivity index (χ1v) is 10.4. The van der Waals surface area contributed by atoms with Crippen molar-refractivity contribution in [1.82, 2.24) is 24.6 Å². The van der Waals surface area contributed by atoms with Gasteiger partial charge >= 0.3 is 6.03 Å². The second kappa shape index (κ2) is 7.84. The fraction of sp³-hybridized carbons (Fsp3) is 0.217. The minimum absolute atomic E-state index is 0.0342. The van der Waals surface area contributed by atoms with Crippen molar-refractivity contribution in [3.8, 4) is 5.69 Å². The van der Waals surface area contributed by atoms with E-state index >= 15 is 0 Å². The molecule has 2 aromatic carbocycles. The van der Waals surface area contributed by atoms with Crippen molar-refractivity contribution in [1.29, 1.82) is 0 Å². The van der Waals surface area contributed by atoms with Crippen molar-refractivity contribution in [3.05, 3.63) is 77.0 Å². The van der Waals surface area contributed by atoms with E-state index in [4.69, 9.17) is 0 Å². The third-order valence-electron chi connectivity index (χ3n) is 5.65. The van der Waals surface area contributed by atoms with Gasteiger partial charge in [-0.2, -0.15) is 5.10 Å². The highest BCUT2D eigenvalue weighted by molar-refractivity contribution is 5.90. The molecule has 0 saturated carbocycles. The van der Waals surface area contributed by atoms with Crippen LogP contribution >= 0.6 is 0 Å². The van der Waals surface area contributed by atoms with Crippen molar-refractivity contribution >= 4 is 28.4 Å². The Hall–Kier alpha value is -4.14. The van der Waals surface area contributed by atoms with Gasteiger partial charge in [0.25, 0.3) is 5.56 Å². The smallest absolute Gasteiger partial charge is 0.321 e. The van der Waals surface area contributed by atoms with Crippen LogP contribution in [-0.2, 0) is 0 Å². The van der Waals surface area contributed by atoms with Gasteiger partial charge in [0.05, 0.1) is 17.8 Å². The first kappa shape index (κ1) is 19.8. The van der Waals surface area contributed by atoms with Crippen LogP contribution in [0.1, 0.15) is 11.7 Å². The summed E-state index contributed by atoms with van der Waals surface area (Å²) in [6, 6.07) is 17.1. The first-order chi connectivity index (χ1) is 15.5. The number of benzene rings is 2. The number of aromatic amines is 1. The molecule has 2 aromatic heterocycles. The minimum Gasteiger partial charge on any atom is -0.378 e. The summed E-state index contributed by atoms with van der Waals surface area (Å²) in [5.74, 6) is 0.535. The molecule has 1 aliphatic rings. The molecule has 2 N–H and O–H groups in total. The first-order valence-electron chi connectivity index (χ1n) is 10.4. The Morgan fingerprint density at radius 2 is 1.81 bits per heavy atom. The Balaban J connectivity index is 1.30. The molecule has 0 atom stereocenters. The van der Waals surface area contributed by atoms with Crippen molar-refractivity contribution in [2.45, 2.75) is 5.92 Å². The topological polar surface area (TPSA) is 99.2 Å². The van der Waals surface area contributed by atoms with Gasteiger partial charge in [0, 0.05) is 38.6 Å². The SMILES string of the molecule is CN(C)c1ccc(NC(=O)N2CC(c3nc4c(cnn4-c4ccccc4)c(=O)[nH]3)C2)cc1. The predicted octanol–water partition coefficient (Wildman–Crippen LogP) is 2.81. The Labute approximate surface area is 184 Å². The zero-order valence-corrected chi connectivity index (χ0v) is 17.8. The molecule has 1 saturated heterocycles. The van der Waals surface area contributed by atoms with Gasteiger partial charge in [-0.15, -0.1) is 0 Å². The highest BCUT2D eigenvalue weighted by Gasteiger charge is 2.34. The number of hydrogen-bond donors (Lipinski definition) is 2. The molecule has 32 heavy (non-hydrogen) atoms. The third kappa shape index (κ3) is 3.58. The van der Waals surface area contributed by atoms with Gasteiger partial charge in [0.1, 0.15) is 11.2 Å². The van der Waals surface area contributed by atoms with E-state index in [0.29, 0.717) is 29.9 Å². The molecule has 4 aromatic rings. The molecule has 162 valence electrons. The molecule has 0 bridgehead atoms. The van der Waals surface area contributed by atoms with Crippen LogP contribution in [0.5, 0.6) is 0 Å². The molecule has 0 radical (unpaired) electrons. The lowest BCUT2D eigenvalue weighted by molar-refractivity contribution is 0.161. The van der Waals surface area contributed by atoms with Crippen LogP contribution in [0, 0.1) is 0 Å². The molecule has 0 unspecified atom stereocenters. The van der Waals surface area contributed by atoms with E-state index in [9.17, 15) is 9.59 Å². The van der Waals surface area contributed by atoms with Crippen molar-refractivity contribution < 1.29 is 4.79 Å². The molecule has 1 fully saturated rings. The van der Waals surface area contributed by atoms with Crippen LogP contribution in [0.3, 0.4) is 0 Å². The number of carbonyl (C=O) groups is 1. The van der Waals surface area contributed by atoms with Crippen molar-refractivity contribution in [2.24, 2.45) is 0 Å². The lowest BCUT2D eigenvalue weighted by Gasteiger charge is -2.38. The number of nitrogens with zero attached hydrogens (tertiary/aromatic N) is 5. The Kier molecular flexibility index (Phi) is 4.85. The maximum atomic E-state index is 12.6. The Morgan fingerprint density at radius 1 is 1.09 bits per heavy atom. The minimum atomic E-state index is -0.226. The maximum absolute atomic E-state index is 12.6. The third-order valence-corrected chi connectivity index (χ3v) is 5.65. The normalized spacial score (nSPS) is 13.8. The average Bonchev–Trinajstić information content (AvgIpc) is 3.18. The molecule has 2 amide bonds. The van der Waals surface area contributed by atoms with Crippen molar-refractivity contribution in [3.63, 3.8) is 0 Å². The van der Waals surface area contributed by atoms with E-state index in [0.717, 1.165) is 17.1 Å². The highest BCUT2D eigenvalue weighted by atomic mass is 16.2. The number of rotatable bonds is 4. The zero-order valence-electron chi connectivity index (χ0n) is 17.8. The summed E-state index contributed by atoms with van der Waals surface area (Å²) in [5.41, 5.74) is 2.92. The summed E-state index contributed by atoms with van der Waals surface area (Å²) in [4.78, 5) is 36.4. The van der Waals surface area contributed by atoms with Gasteiger partial charge < -0.3 is 20.1 Å². The van der Waals surface area contributed by atoms with Crippen LogP contribution in [0.15, 0.2) is 65.6 Å².